The molecule has 1 heterocycles. The average molecular weight is 452 g/mol. The lowest BCUT2D eigenvalue weighted by molar-refractivity contribution is -0.133. The Kier molecular flexibility index (Phi) is 16.7. The summed E-state index contributed by atoms with van der Waals surface area (Å²) in [5.41, 5.74) is 0.950. The second-order valence-electron chi connectivity index (χ2n) is 9.57. The minimum absolute atomic E-state index is 0.0603. The third-order valence-electron chi connectivity index (χ3n) is 6.35. The summed E-state index contributed by atoms with van der Waals surface area (Å²) in [5.74, 6) is 0.185. The first kappa shape index (κ1) is 29.1. The van der Waals surface area contributed by atoms with Crippen molar-refractivity contribution < 1.29 is 4.79 Å². The molecule has 0 aromatic heterocycles. The molecule has 0 saturated heterocycles. The second kappa shape index (κ2) is 18.4. The van der Waals surface area contributed by atoms with E-state index >= 15 is 0 Å². The third kappa shape index (κ3) is 13.5. The summed E-state index contributed by atoms with van der Waals surface area (Å²) >= 11 is 0. The van der Waals surface area contributed by atoms with Crippen molar-refractivity contribution in [1.29, 1.82) is 0 Å². The van der Waals surface area contributed by atoms with Crippen molar-refractivity contribution in [1.82, 2.24) is 20.9 Å². The van der Waals surface area contributed by atoms with Crippen LogP contribution in [-0.4, -0.2) is 54.7 Å². The normalized spacial score (nSPS) is 18.1. The Labute approximate surface area is 198 Å². The highest BCUT2D eigenvalue weighted by Crippen LogP contribution is 2.11. The van der Waals surface area contributed by atoms with Crippen molar-refractivity contribution in [2.75, 3.05) is 19.6 Å². The van der Waals surface area contributed by atoms with E-state index in [1.807, 2.05) is 11.8 Å². The summed E-state index contributed by atoms with van der Waals surface area (Å²) in [4.78, 5) is 19.1. The van der Waals surface area contributed by atoms with Gasteiger partial charge < -0.3 is 10.2 Å². The maximum Gasteiger partial charge on any atom is 0.229 e. The summed E-state index contributed by atoms with van der Waals surface area (Å²) < 4.78 is 0. The Morgan fingerprint density at radius 3 is 2.16 bits per heavy atom. The molecule has 188 valence electrons. The molecule has 32 heavy (non-hydrogen) atoms. The van der Waals surface area contributed by atoms with Gasteiger partial charge in [-0.1, -0.05) is 71.6 Å². The zero-order chi connectivity index (χ0) is 23.6. The smallest absolute Gasteiger partial charge is 0.229 e. The predicted octanol–water partition coefficient (Wildman–Crippen LogP) is 5.19. The molecular weight excluding hydrogens is 398 g/mol. The van der Waals surface area contributed by atoms with Gasteiger partial charge >= 0.3 is 0 Å². The van der Waals surface area contributed by atoms with Gasteiger partial charge in [0.2, 0.25) is 5.91 Å². The van der Waals surface area contributed by atoms with E-state index in [0.717, 1.165) is 38.2 Å². The topological polar surface area (TPSA) is 68.8 Å². The summed E-state index contributed by atoms with van der Waals surface area (Å²) in [5, 5.41) is 10.8. The fourth-order valence-corrected chi connectivity index (χ4v) is 4.47. The van der Waals surface area contributed by atoms with Crippen molar-refractivity contribution in [3.05, 3.63) is 0 Å². The standard InChI is InChI=1S/C26H53N5O/c1-6-8-9-10-11-12-13-14-15-16-18-28-23(4)29-24(5)30-25(7-2)31-20-17-19-27-22(3)21-26(31)32/h23-25,28-30H,6-21H2,1-5H3. The number of aliphatic imine (C=N–C) groups is 1. The first-order chi connectivity index (χ1) is 15.5. The van der Waals surface area contributed by atoms with E-state index in [9.17, 15) is 4.79 Å². The molecule has 1 amide bonds. The maximum atomic E-state index is 12.7. The molecule has 0 spiro atoms. The molecule has 0 bridgehead atoms. The molecular formula is C26H53N5O. The lowest BCUT2D eigenvalue weighted by atomic mass is 10.1. The highest BCUT2D eigenvalue weighted by molar-refractivity contribution is 6.00. The van der Waals surface area contributed by atoms with E-state index < -0.39 is 0 Å². The minimum atomic E-state index is 0.0603. The lowest BCUT2D eigenvalue weighted by Crippen LogP contribution is -2.58. The zero-order valence-corrected chi connectivity index (χ0v) is 21.8. The molecule has 0 aromatic carbocycles. The van der Waals surface area contributed by atoms with E-state index in [1.54, 1.807) is 0 Å². The quantitative estimate of drug-likeness (QED) is 0.198. The number of nitrogens with one attached hydrogen (secondary N) is 3. The SMILES string of the molecule is CCCCCCCCCCCCNC(C)NC(C)NC(CC)N1CCCN=C(C)CC1=O. The third-order valence-corrected chi connectivity index (χ3v) is 6.35. The van der Waals surface area contributed by atoms with Crippen LogP contribution in [0.3, 0.4) is 0 Å². The molecule has 1 aliphatic rings. The predicted molar refractivity (Wildman–Crippen MR) is 138 cm³/mol. The largest absolute Gasteiger partial charge is 0.327 e. The molecule has 3 unspecified atom stereocenters. The molecule has 3 N–H and O–H groups in total. The first-order valence-electron chi connectivity index (χ1n) is 13.5. The van der Waals surface area contributed by atoms with Crippen LogP contribution in [0.2, 0.25) is 0 Å². The summed E-state index contributed by atoms with van der Waals surface area (Å²) in [7, 11) is 0. The molecule has 0 fully saturated rings. The number of amides is 1. The second-order valence-corrected chi connectivity index (χ2v) is 9.57. The van der Waals surface area contributed by atoms with E-state index in [2.05, 4.69) is 48.6 Å². The van der Waals surface area contributed by atoms with Crippen molar-refractivity contribution >= 4 is 11.6 Å². The van der Waals surface area contributed by atoms with E-state index in [-0.39, 0.29) is 24.4 Å². The van der Waals surface area contributed by atoms with Crippen molar-refractivity contribution in [3.63, 3.8) is 0 Å². The van der Waals surface area contributed by atoms with Crippen LogP contribution in [0.25, 0.3) is 0 Å². The van der Waals surface area contributed by atoms with Crippen LogP contribution in [0.5, 0.6) is 0 Å². The molecule has 6 nitrogen and oxygen atoms in total. The van der Waals surface area contributed by atoms with Gasteiger partial charge in [0.05, 0.1) is 24.9 Å². The van der Waals surface area contributed by atoms with Crippen molar-refractivity contribution in [2.45, 2.75) is 137 Å². The van der Waals surface area contributed by atoms with Gasteiger partial charge in [-0.2, -0.15) is 0 Å². The Hall–Kier alpha value is -0.980. The highest BCUT2D eigenvalue weighted by Gasteiger charge is 2.24. The molecule has 0 aromatic rings. The molecule has 1 rings (SSSR count). The molecule has 1 aliphatic heterocycles. The van der Waals surface area contributed by atoms with Gasteiger partial charge in [-0.05, 0) is 46.6 Å². The van der Waals surface area contributed by atoms with Gasteiger partial charge in [0.15, 0.2) is 0 Å². The van der Waals surface area contributed by atoms with E-state index in [1.165, 1.54) is 64.2 Å². The highest BCUT2D eigenvalue weighted by atomic mass is 16.2. The first-order valence-corrected chi connectivity index (χ1v) is 13.5. The van der Waals surface area contributed by atoms with Crippen LogP contribution in [0, 0.1) is 0 Å². The Morgan fingerprint density at radius 1 is 0.906 bits per heavy atom. The van der Waals surface area contributed by atoms with Crippen LogP contribution in [0.1, 0.15) is 118 Å². The van der Waals surface area contributed by atoms with Gasteiger partial charge in [-0.3, -0.25) is 20.4 Å². The maximum absolute atomic E-state index is 12.7. The number of hydrogen-bond acceptors (Lipinski definition) is 5. The fraction of sp³-hybridized carbons (Fsp3) is 0.923. The minimum Gasteiger partial charge on any atom is -0.327 e. The van der Waals surface area contributed by atoms with Crippen LogP contribution in [0.4, 0.5) is 0 Å². The number of carbonyl (C=O) groups is 1. The van der Waals surface area contributed by atoms with Gasteiger partial charge in [0, 0.05) is 18.8 Å². The van der Waals surface area contributed by atoms with E-state index in [4.69, 9.17) is 0 Å². The van der Waals surface area contributed by atoms with Crippen LogP contribution >= 0.6 is 0 Å². The fourth-order valence-electron chi connectivity index (χ4n) is 4.47. The molecule has 6 heteroatoms. The van der Waals surface area contributed by atoms with Crippen LogP contribution in [0.15, 0.2) is 4.99 Å². The van der Waals surface area contributed by atoms with Gasteiger partial charge in [-0.15, -0.1) is 0 Å². The Bertz CT molecular complexity index is 510. The average Bonchev–Trinajstić information content (AvgIpc) is 2.75. The Balaban J connectivity index is 2.17. The van der Waals surface area contributed by atoms with Crippen LogP contribution < -0.4 is 16.0 Å². The number of nitrogens with zero attached hydrogens (tertiary/aromatic N) is 2. The zero-order valence-electron chi connectivity index (χ0n) is 21.8. The van der Waals surface area contributed by atoms with E-state index in [0.29, 0.717) is 6.42 Å². The van der Waals surface area contributed by atoms with Crippen molar-refractivity contribution in [2.24, 2.45) is 4.99 Å². The molecule has 3 atom stereocenters. The van der Waals surface area contributed by atoms with Gasteiger partial charge in [-0.25, -0.2) is 0 Å². The molecule has 0 aliphatic carbocycles. The monoisotopic (exact) mass is 451 g/mol. The van der Waals surface area contributed by atoms with Gasteiger partial charge in [0.1, 0.15) is 0 Å². The summed E-state index contributed by atoms with van der Waals surface area (Å²) in [6.45, 7) is 13.4. The lowest BCUT2D eigenvalue weighted by Gasteiger charge is -2.35. The number of hydrogen-bond donors (Lipinski definition) is 3. The number of unbranched alkanes of at least 4 members (excludes halogenated alkanes) is 9. The van der Waals surface area contributed by atoms with Crippen LogP contribution in [-0.2, 0) is 4.79 Å². The summed E-state index contributed by atoms with van der Waals surface area (Å²) in [6.07, 6.45) is 16.4. The van der Waals surface area contributed by atoms with Gasteiger partial charge in [0.25, 0.3) is 0 Å². The number of rotatable bonds is 18. The van der Waals surface area contributed by atoms with Crippen molar-refractivity contribution in [3.8, 4) is 0 Å². The number of carbonyl (C=O) groups excluding carboxylic acids is 1. The molecule has 0 saturated carbocycles. The Morgan fingerprint density at radius 2 is 1.53 bits per heavy atom. The summed E-state index contributed by atoms with van der Waals surface area (Å²) in [6, 6.07) is 0. The molecule has 0 radical (unpaired) electrons.